The Bertz CT molecular complexity index is 1010. The topological polar surface area (TPSA) is 85.8 Å². The SMILES string of the molecule is COCCn1cnnc1SCC(=O)N1N=C(c2ccc(C)cc2)CC1c1ccco1. The summed E-state index contributed by atoms with van der Waals surface area (Å²) in [5.41, 5.74) is 3.07. The molecule has 0 saturated heterocycles. The fourth-order valence-electron chi connectivity index (χ4n) is 3.25. The molecule has 156 valence electrons. The predicted octanol–water partition coefficient (Wildman–Crippen LogP) is 3.30. The highest BCUT2D eigenvalue weighted by molar-refractivity contribution is 7.99. The van der Waals surface area contributed by atoms with Crippen LogP contribution in [0.2, 0.25) is 0 Å². The van der Waals surface area contributed by atoms with Gasteiger partial charge in [0, 0.05) is 20.1 Å². The van der Waals surface area contributed by atoms with E-state index in [1.54, 1.807) is 19.7 Å². The molecule has 0 aliphatic carbocycles. The number of rotatable bonds is 8. The first-order valence-electron chi connectivity index (χ1n) is 9.65. The van der Waals surface area contributed by atoms with Gasteiger partial charge in [-0.05, 0) is 24.6 Å². The molecular formula is C21H23N5O3S. The quantitative estimate of drug-likeness (QED) is 0.515. The van der Waals surface area contributed by atoms with E-state index in [4.69, 9.17) is 9.15 Å². The number of furan rings is 1. The molecule has 0 saturated carbocycles. The van der Waals surface area contributed by atoms with Crippen molar-refractivity contribution >= 4 is 23.4 Å². The van der Waals surface area contributed by atoms with Crippen LogP contribution in [0.25, 0.3) is 0 Å². The van der Waals surface area contributed by atoms with Gasteiger partial charge in [-0.1, -0.05) is 41.6 Å². The lowest BCUT2D eigenvalue weighted by atomic mass is 10.0. The minimum Gasteiger partial charge on any atom is -0.467 e. The van der Waals surface area contributed by atoms with Crippen LogP contribution < -0.4 is 0 Å². The van der Waals surface area contributed by atoms with Crippen molar-refractivity contribution in [3.8, 4) is 0 Å². The van der Waals surface area contributed by atoms with Crippen molar-refractivity contribution in [3.63, 3.8) is 0 Å². The molecule has 1 aliphatic heterocycles. The molecular weight excluding hydrogens is 402 g/mol. The number of hydrogen-bond donors (Lipinski definition) is 0. The van der Waals surface area contributed by atoms with Gasteiger partial charge in [0.15, 0.2) is 5.16 Å². The van der Waals surface area contributed by atoms with E-state index in [2.05, 4.69) is 15.3 Å². The first-order valence-corrected chi connectivity index (χ1v) is 10.6. The van der Waals surface area contributed by atoms with Crippen LogP contribution in [0.15, 0.2) is 63.7 Å². The summed E-state index contributed by atoms with van der Waals surface area (Å²) in [5, 5.41) is 14.9. The van der Waals surface area contributed by atoms with E-state index in [-0.39, 0.29) is 17.7 Å². The normalized spacial score (nSPS) is 16.1. The van der Waals surface area contributed by atoms with Gasteiger partial charge in [-0.3, -0.25) is 4.79 Å². The highest BCUT2D eigenvalue weighted by Gasteiger charge is 2.34. The van der Waals surface area contributed by atoms with Gasteiger partial charge in [0.25, 0.3) is 5.91 Å². The molecule has 30 heavy (non-hydrogen) atoms. The third kappa shape index (κ3) is 4.47. The van der Waals surface area contributed by atoms with E-state index in [1.165, 1.54) is 22.3 Å². The molecule has 3 aromatic rings. The van der Waals surface area contributed by atoms with Gasteiger partial charge in [-0.2, -0.15) is 5.10 Å². The lowest BCUT2D eigenvalue weighted by molar-refractivity contribution is -0.130. The zero-order valence-electron chi connectivity index (χ0n) is 16.9. The molecule has 3 heterocycles. The average molecular weight is 426 g/mol. The first kappa shape index (κ1) is 20.4. The number of hydrogen-bond acceptors (Lipinski definition) is 7. The summed E-state index contributed by atoms with van der Waals surface area (Å²) < 4.78 is 12.6. The Hall–Kier alpha value is -2.91. The van der Waals surface area contributed by atoms with Crippen molar-refractivity contribution < 1.29 is 13.9 Å². The molecule has 9 heteroatoms. The second-order valence-electron chi connectivity index (χ2n) is 6.97. The maximum atomic E-state index is 13.1. The monoisotopic (exact) mass is 425 g/mol. The Balaban J connectivity index is 1.51. The van der Waals surface area contributed by atoms with Crippen LogP contribution in [-0.4, -0.2) is 50.9 Å². The largest absolute Gasteiger partial charge is 0.467 e. The fourth-order valence-corrected chi connectivity index (χ4v) is 4.05. The van der Waals surface area contributed by atoms with Crippen LogP contribution in [0.3, 0.4) is 0 Å². The summed E-state index contributed by atoms with van der Waals surface area (Å²) in [6.45, 7) is 3.23. The number of benzene rings is 1. The maximum absolute atomic E-state index is 13.1. The van der Waals surface area contributed by atoms with Gasteiger partial charge in [-0.25, -0.2) is 5.01 Å². The number of aryl methyl sites for hydroxylation is 1. The number of amides is 1. The first-order chi connectivity index (χ1) is 14.7. The van der Waals surface area contributed by atoms with E-state index in [0.717, 1.165) is 17.0 Å². The number of carbonyl (C=O) groups is 1. The zero-order valence-corrected chi connectivity index (χ0v) is 17.7. The van der Waals surface area contributed by atoms with E-state index in [9.17, 15) is 4.79 Å². The number of nitrogens with zero attached hydrogens (tertiary/aromatic N) is 5. The van der Waals surface area contributed by atoms with Gasteiger partial charge in [0.05, 0.1) is 24.3 Å². The minimum absolute atomic E-state index is 0.107. The highest BCUT2D eigenvalue weighted by atomic mass is 32.2. The Kier molecular flexibility index (Phi) is 6.29. The van der Waals surface area contributed by atoms with Crippen LogP contribution in [0, 0.1) is 6.92 Å². The zero-order chi connectivity index (χ0) is 20.9. The molecule has 0 N–H and O–H groups in total. The molecule has 8 nitrogen and oxygen atoms in total. The third-order valence-corrected chi connectivity index (χ3v) is 5.83. The Labute approximate surface area is 178 Å². The summed E-state index contributed by atoms with van der Waals surface area (Å²) in [6.07, 6.45) is 3.87. The van der Waals surface area contributed by atoms with Crippen molar-refractivity contribution in [1.29, 1.82) is 0 Å². The minimum atomic E-state index is -0.254. The molecule has 0 spiro atoms. The number of thioether (sulfide) groups is 1. The Morgan fingerprint density at radius 3 is 2.87 bits per heavy atom. The smallest absolute Gasteiger partial charge is 0.253 e. The number of ether oxygens (including phenoxy) is 1. The number of aromatic nitrogens is 3. The standard InChI is InChI=1S/C21H23N5O3S/c1-15-5-7-16(8-6-15)17-12-18(19-4-3-10-29-19)26(24-17)20(27)13-30-21-23-22-14-25(21)9-11-28-2/h3-8,10,14,18H,9,11-13H2,1-2H3. The maximum Gasteiger partial charge on any atom is 0.253 e. The predicted molar refractivity (Wildman–Crippen MR) is 113 cm³/mol. The molecule has 1 aromatic carbocycles. The molecule has 1 aliphatic rings. The third-order valence-electron chi connectivity index (χ3n) is 4.86. The van der Waals surface area contributed by atoms with Gasteiger partial charge in [-0.15, -0.1) is 10.2 Å². The number of methoxy groups -OCH3 is 1. The lowest BCUT2D eigenvalue weighted by Crippen LogP contribution is -2.28. The van der Waals surface area contributed by atoms with Crippen LogP contribution in [0.5, 0.6) is 0 Å². The summed E-state index contributed by atoms with van der Waals surface area (Å²) in [4.78, 5) is 13.1. The summed E-state index contributed by atoms with van der Waals surface area (Å²) in [6, 6.07) is 11.6. The second kappa shape index (κ2) is 9.27. The van der Waals surface area contributed by atoms with E-state index in [1.807, 2.05) is 47.9 Å². The number of carbonyl (C=O) groups excluding carboxylic acids is 1. The van der Waals surface area contributed by atoms with Crippen LogP contribution >= 0.6 is 11.8 Å². The Morgan fingerprint density at radius 2 is 2.13 bits per heavy atom. The van der Waals surface area contributed by atoms with Gasteiger partial charge >= 0.3 is 0 Å². The molecule has 1 unspecified atom stereocenters. The average Bonchev–Trinajstić information content (AvgIpc) is 3.51. The van der Waals surface area contributed by atoms with Crippen molar-refractivity contribution in [3.05, 3.63) is 65.9 Å². The molecule has 1 atom stereocenters. The van der Waals surface area contributed by atoms with Gasteiger partial charge in [0.1, 0.15) is 18.1 Å². The van der Waals surface area contributed by atoms with Crippen molar-refractivity contribution in [2.24, 2.45) is 5.10 Å². The van der Waals surface area contributed by atoms with Crippen molar-refractivity contribution in [1.82, 2.24) is 19.8 Å². The lowest BCUT2D eigenvalue weighted by Gasteiger charge is -2.19. The van der Waals surface area contributed by atoms with Gasteiger partial charge in [0.2, 0.25) is 0 Å². The fraction of sp³-hybridized carbons (Fsp3) is 0.333. The van der Waals surface area contributed by atoms with E-state index < -0.39 is 0 Å². The van der Waals surface area contributed by atoms with Crippen LogP contribution in [0.4, 0.5) is 0 Å². The molecule has 0 bridgehead atoms. The Morgan fingerprint density at radius 1 is 1.30 bits per heavy atom. The highest BCUT2D eigenvalue weighted by Crippen LogP contribution is 2.34. The second-order valence-corrected chi connectivity index (χ2v) is 7.92. The van der Waals surface area contributed by atoms with Crippen molar-refractivity contribution in [2.45, 2.75) is 31.1 Å². The molecule has 4 rings (SSSR count). The molecule has 2 aromatic heterocycles. The van der Waals surface area contributed by atoms with E-state index in [0.29, 0.717) is 24.7 Å². The molecule has 0 radical (unpaired) electrons. The molecule has 1 amide bonds. The van der Waals surface area contributed by atoms with Crippen molar-refractivity contribution in [2.75, 3.05) is 19.5 Å². The van der Waals surface area contributed by atoms with Crippen LogP contribution in [0.1, 0.15) is 29.3 Å². The summed E-state index contributed by atoms with van der Waals surface area (Å²) >= 11 is 1.34. The summed E-state index contributed by atoms with van der Waals surface area (Å²) in [7, 11) is 1.65. The number of hydrazone groups is 1. The summed E-state index contributed by atoms with van der Waals surface area (Å²) in [5.74, 6) is 0.820. The van der Waals surface area contributed by atoms with Crippen LogP contribution in [-0.2, 0) is 16.1 Å². The molecule has 0 fully saturated rings. The van der Waals surface area contributed by atoms with E-state index >= 15 is 0 Å². The van der Waals surface area contributed by atoms with Gasteiger partial charge < -0.3 is 13.7 Å².